The molecule has 0 aromatic carbocycles. The Morgan fingerprint density at radius 3 is 2.40 bits per heavy atom. The van der Waals surface area contributed by atoms with Crippen molar-refractivity contribution in [2.24, 2.45) is 11.8 Å². The van der Waals surface area contributed by atoms with Gasteiger partial charge in [-0.15, -0.1) is 0 Å². The van der Waals surface area contributed by atoms with Crippen LogP contribution in [-0.4, -0.2) is 32.1 Å². The van der Waals surface area contributed by atoms with Crippen LogP contribution in [0.5, 0.6) is 0 Å². The zero-order chi connectivity index (χ0) is 11.7. The van der Waals surface area contributed by atoms with E-state index >= 15 is 0 Å². The summed E-state index contributed by atoms with van der Waals surface area (Å²) >= 11 is 0. The average molecular weight is 234 g/mol. The first-order valence-corrected chi connectivity index (χ1v) is 7.22. The van der Waals surface area contributed by atoms with Gasteiger partial charge in [0.1, 0.15) is 0 Å². The lowest BCUT2D eigenvalue weighted by atomic mass is 10.00. The van der Waals surface area contributed by atoms with Crippen molar-refractivity contribution in [1.82, 2.24) is 0 Å². The fourth-order valence-electron chi connectivity index (χ4n) is 1.60. The first-order valence-electron chi connectivity index (χ1n) is 5.57. The largest absolute Gasteiger partial charge is 0.381 e. The van der Waals surface area contributed by atoms with E-state index in [1.165, 1.54) is 0 Å². The van der Waals surface area contributed by atoms with Crippen LogP contribution in [0.25, 0.3) is 0 Å². The number of rotatable bonds is 4. The lowest BCUT2D eigenvalue weighted by molar-refractivity contribution is 0.188. The van der Waals surface area contributed by atoms with Gasteiger partial charge >= 0.3 is 0 Å². The smallest absolute Gasteiger partial charge is 0.156 e. The molecule has 0 amide bonds. The quantitative estimate of drug-likeness (QED) is 0.746. The minimum absolute atomic E-state index is 0.143. The molecule has 1 aliphatic heterocycles. The second-order valence-electron chi connectivity index (χ2n) is 5.27. The third kappa shape index (κ3) is 2.72. The van der Waals surface area contributed by atoms with E-state index in [1.807, 2.05) is 27.7 Å². The molecule has 3 nitrogen and oxygen atoms in total. The van der Waals surface area contributed by atoms with E-state index in [1.54, 1.807) is 0 Å². The van der Waals surface area contributed by atoms with Crippen LogP contribution in [0.1, 0.15) is 34.1 Å². The Hall–Kier alpha value is -0.0900. The minimum atomic E-state index is -3.02. The highest BCUT2D eigenvalue weighted by Crippen LogP contribution is 2.29. The van der Waals surface area contributed by atoms with Gasteiger partial charge in [-0.3, -0.25) is 0 Å². The lowest BCUT2D eigenvalue weighted by Crippen LogP contribution is -2.40. The van der Waals surface area contributed by atoms with Crippen LogP contribution in [-0.2, 0) is 14.6 Å². The molecule has 1 heterocycles. The van der Waals surface area contributed by atoms with Crippen molar-refractivity contribution >= 4 is 9.84 Å². The zero-order valence-electron chi connectivity index (χ0n) is 10.1. The van der Waals surface area contributed by atoms with Gasteiger partial charge in [-0.2, -0.15) is 0 Å². The van der Waals surface area contributed by atoms with Crippen molar-refractivity contribution in [1.29, 1.82) is 0 Å². The fraction of sp³-hybridized carbons (Fsp3) is 1.00. The molecule has 0 N–H and O–H groups in total. The van der Waals surface area contributed by atoms with Gasteiger partial charge in [-0.25, -0.2) is 8.42 Å². The predicted octanol–water partition coefficient (Wildman–Crippen LogP) is 1.87. The van der Waals surface area contributed by atoms with Crippen molar-refractivity contribution in [3.63, 3.8) is 0 Å². The van der Waals surface area contributed by atoms with E-state index in [2.05, 4.69) is 0 Å². The summed E-state index contributed by atoms with van der Waals surface area (Å²) in [6.45, 7) is 8.88. The van der Waals surface area contributed by atoms with Crippen LogP contribution in [0.3, 0.4) is 0 Å². The van der Waals surface area contributed by atoms with Gasteiger partial charge in [-0.1, -0.05) is 13.8 Å². The highest BCUT2D eigenvalue weighted by molar-refractivity contribution is 7.92. The van der Waals surface area contributed by atoms with E-state index in [-0.39, 0.29) is 17.6 Å². The maximum atomic E-state index is 12.2. The van der Waals surface area contributed by atoms with E-state index in [0.29, 0.717) is 13.2 Å². The summed E-state index contributed by atoms with van der Waals surface area (Å²) in [6, 6.07) is 0. The van der Waals surface area contributed by atoms with Gasteiger partial charge in [0.25, 0.3) is 0 Å². The molecular weight excluding hydrogens is 212 g/mol. The number of sulfone groups is 1. The Bertz CT molecular complexity index is 298. The molecule has 15 heavy (non-hydrogen) atoms. The van der Waals surface area contributed by atoms with Gasteiger partial charge in [0.2, 0.25) is 0 Å². The summed E-state index contributed by atoms with van der Waals surface area (Å²) < 4.78 is 29.0. The summed E-state index contributed by atoms with van der Waals surface area (Å²) in [6.07, 6.45) is 0.882. The SMILES string of the molecule is CC(C)C(C)(C)S(=O)(=O)C[C@H]1CCOC1. The van der Waals surface area contributed by atoms with Crippen molar-refractivity contribution < 1.29 is 13.2 Å². The standard InChI is InChI=1S/C11H22O3S/c1-9(2)11(3,4)15(12,13)8-10-5-6-14-7-10/h9-10H,5-8H2,1-4H3/t10-/m0/s1. The topological polar surface area (TPSA) is 43.4 Å². The Morgan fingerprint density at radius 2 is 2.00 bits per heavy atom. The molecule has 1 fully saturated rings. The minimum Gasteiger partial charge on any atom is -0.381 e. The van der Waals surface area contributed by atoms with Gasteiger partial charge in [0.05, 0.1) is 17.1 Å². The van der Waals surface area contributed by atoms with E-state index < -0.39 is 14.6 Å². The predicted molar refractivity (Wildman–Crippen MR) is 61.6 cm³/mol. The van der Waals surface area contributed by atoms with Crippen LogP contribution in [0, 0.1) is 11.8 Å². The summed E-state index contributed by atoms with van der Waals surface area (Å²) in [7, 11) is -3.02. The molecule has 1 saturated heterocycles. The second-order valence-corrected chi connectivity index (χ2v) is 7.88. The monoisotopic (exact) mass is 234 g/mol. The average Bonchev–Trinajstić information content (AvgIpc) is 2.55. The second kappa shape index (κ2) is 4.42. The normalized spacial score (nSPS) is 23.7. The van der Waals surface area contributed by atoms with E-state index in [4.69, 9.17) is 4.74 Å². The number of ether oxygens (including phenoxy) is 1. The van der Waals surface area contributed by atoms with E-state index in [0.717, 1.165) is 6.42 Å². The molecule has 0 aromatic heterocycles. The van der Waals surface area contributed by atoms with Crippen molar-refractivity contribution in [2.45, 2.75) is 38.9 Å². The molecule has 1 rings (SSSR count). The van der Waals surface area contributed by atoms with Crippen molar-refractivity contribution in [3.8, 4) is 0 Å². The summed E-state index contributed by atoms with van der Waals surface area (Å²) in [5.41, 5.74) is 0. The van der Waals surface area contributed by atoms with Gasteiger partial charge in [-0.05, 0) is 32.1 Å². The summed E-state index contributed by atoms with van der Waals surface area (Å²) in [5, 5.41) is 0. The van der Waals surface area contributed by atoms with Crippen LogP contribution in [0.15, 0.2) is 0 Å². The summed E-state index contributed by atoms with van der Waals surface area (Å²) in [5.74, 6) is 0.621. The van der Waals surface area contributed by atoms with Crippen LogP contribution >= 0.6 is 0 Å². The van der Waals surface area contributed by atoms with Crippen LogP contribution in [0.4, 0.5) is 0 Å². The third-order valence-corrected chi connectivity index (χ3v) is 6.66. The Kier molecular flexibility index (Phi) is 3.82. The summed E-state index contributed by atoms with van der Waals surface area (Å²) in [4.78, 5) is 0. The first kappa shape index (κ1) is 13.0. The number of hydrogen-bond donors (Lipinski definition) is 0. The molecule has 0 bridgehead atoms. The lowest BCUT2D eigenvalue weighted by Gasteiger charge is -2.30. The molecule has 1 aliphatic rings. The molecule has 90 valence electrons. The Morgan fingerprint density at radius 1 is 1.40 bits per heavy atom. The van der Waals surface area contributed by atoms with Crippen LogP contribution < -0.4 is 0 Å². The molecule has 0 radical (unpaired) electrons. The van der Waals surface area contributed by atoms with Crippen molar-refractivity contribution in [2.75, 3.05) is 19.0 Å². The van der Waals surface area contributed by atoms with Gasteiger partial charge in [0, 0.05) is 6.61 Å². The first-order chi connectivity index (χ1) is 6.77. The van der Waals surface area contributed by atoms with E-state index in [9.17, 15) is 8.42 Å². The van der Waals surface area contributed by atoms with Gasteiger partial charge in [0.15, 0.2) is 9.84 Å². The highest BCUT2D eigenvalue weighted by Gasteiger charge is 2.39. The Labute approximate surface area is 93.1 Å². The molecule has 0 unspecified atom stereocenters. The van der Waals surface area contributed by atoms with Crippen LogP contribution in [0.2, 0.25) is 0 Å². The fourth-order valence-corrected chi connectivity index (χ4v) is 3.63. The molecular formula is C11H22O3S. The molecule has 0 spiro atoms. The maximum absolute atomic E-state index is 12.2. The molecule has 0 aliphatic carbocycles. The molecule has 4 heteroatoms. The zero-order valence-corrected chi connectivity index (χ0v) is 10.9. The molecule has 1 atom stereocenters. The van der Waals surface area contributed by atoms with Gasteiger partial charge < -0.3 is 4.74 Å². The highest BCUT2D eigenvalue weighted by atomic mass is 32.2. The molecule has 0 saturated carbocycles. The van der Waals surface area contributed by atoms with Crippen molar-refractivity contribution in [3.05, 3.63) is 0 Å². The molecule has 0 aromatic rings. The number of hydrogen-bond acceptors (Lipinski definition) is 3. The maximum Gasteiger partial charge on any atom is 0.156 e. The Balaban J connectivity index is 2.73. The third-order valence-electron chi connectivity index (χ3n) is 3.67.